The summed E-state index contributed by atoms with van der Waals surface area (Å²) < 4.78 is 46.4. The van der Waals surface area contributed by atoms with Crippen molar-refractivity contribution in [2.24, 2.45) is 0 Å². The minimum atomic E-state index is -4.94. The summed E-state index contributed by atoms with van der Waals surface area (Å²) in [6.07, 6.45) is -3.95. The lowest BCUT2D eigenvalue weighted by atomic mass is 9.79. The number of alkyl halides is 3. The van der Waals surface area contributed by atoms with Crippen LogP contribution in [0.4, 0.5) is 13.2 Å². The van der Waals surface area contributed by atoms with Crippen LogP contribution in [0.1, 0.15) is 60.2 Å². The van der Waals surface area contributed by atoms with E-state index in [-0.39, 0.29) is 18.1 Å². The number of nitrogens with one attached hydrogen (secondary N) is 1. The van der Waals surface area contributed by atoms with E-state index >= 15 is 0 Å². The summed E-state index contributed by atoms with van der Waals surface area (Å²) in [7, 11) is 0. The van der Waals surface area contributed by atoms with E-state index < -0.39 is 23.0 Å². The molecule has 1 amide bonds. The van der Waals surface area contributed by atoms with Gasteiger partial charge in [-0.15, -0.1) is 0 Å². The molecule has 1 aromatic heterocycles. The number of halogens is 4. The highest BCUT2D eigenvalue weighted by atomic mass is 35.5. The molecule has 3 heterocycles. The van der Waals surface area contributed by atoms with E-state index in [1.165, 1.54) is 10.6 Å². The normalized spacial score (nSPS) is 19.1. The molecule has 2 aliphatic heterocycles. The summed E-state index contributed by atoms with van der Waals surface area (Å²) in [5.41, 5.74) is -0.432. The summed E-state index contributed by atoms with van der Waals surface area (Å²) in [6.45, 7) is 7.15. The first-order chi connectivity index (χ1) is 15.9. The average molecular weight is 498 g/mol. The van der Waals surface area contributed by atoms with E-state index in [4.69, 9.17) is 16.3 Å². The number of carbonyl (C=O) groups is 2. The molecule has 4 rings (SSSR count). The van der Waals surface area contributed by atoms with E-state index in [1.807, 2.05) is 20.8 Å². The lowest BCUT2D eigenvalue weighted by Gasteiger charge is -2.51. The third-order valence-corrected chi connectivity index (χ3v) is 6.77. The van der Waals surface area contributed by atoms with Crippen LogP contribution in [0.2, 0.25) is 5.02 Å². The molecule has 2 aromatic rings. The van der Waals surface area contributed by atoms with Crippen LogP contribution in [0, 0.1) is 0 Å². The molecule has 6 nitrogen and oxygen atoms in total. The molecule has 1 fully saturated rings. The Morgan fingerprint density at radius 3 is 2.41 bits per heavy atom. The third kappa shape index (κ3) is 4.43. The zero-order valence-electron chi connectivity index (χ0n) is 19.3. The van der Waals surface area contributed by atoms with Gasteiger partial charge in [0.25, 0.3) is 11.7 Å². The molecule has 1 N–H and O–H groups in total. The number of fused-ring (bicyclic) bond motifs is 2. The molecule has 1 saturated heterocycles. The molecule has 34 heavy (non-hydrogen) atoms. The lowest BCUT2D eigenvalue weighted by molar-refractivity contribution is -0.0892. The lowest BCUT2D eigenvalue weighted by Crippen LogP contribution is -2.63. The largest absolute Gasteiger partial charge is 0.492 e. The van der Waals surface area contributed by atoms with Gasteiger partial charge in [0.05, 0.1) is 22.9 Å². The summed E-state index contributed by atoms with van der Waals surface area (Å²) in [5, 5.41) is 3.95. The fourth-order valence-corrected chi connectivity index (χ4v) is 5.34. The number of ketones is 1. The second-order valence-corrected chi connectivity index (χ2v) is 9.89. The molecular formula is C24H27ClF3N3O3. The molecule has 1 aromatic carbocycles. The van der Waals surface area contributed by atoms with Gasteiger partial charge in [0.15, 0.2) is 0 Å². The average Bonchev–Trinajstić information content (AvgIpc) is 3.17. The molecule has 0 unspecified atom stereocenters. The summed E-state index contributed by atoms with van der Waals surface area (Å²) in [4.78, 5) is 26.9. The van der Waals surface area contributed by atoms with Gasteiger partial charge in [-0.2, -0.15) is 13.2 Å². The number of benzene rings is 1. The highest BCUT2D eigenvalue weighted by Gasteiger charge is 2.49. The maximum absolute atomic E-state index is 13.2. The topological polar surface area (TPSA) is 63.6 Å². The number of aromatic nitrogens is 1. The number of nitrogens with zero attached hydrogens (tertiary/aromatic N) is 2. The Kier molecular flexibility index (Phi) is 6.23. The van der Waals surface area contributed by atoms with Gasteiger partial charge in [0.2, 0.25) is 0 Å². The van der Waals surface area contributed by atoms with Crippen molar-refractivity contribution in [1.29, 1.82) is 0 Å². The standard InChI is InChI=1S/C24H27ClF3N3O3/c1-4-34-18-7-5-15(13-16(18)25)21(33)30-11-9-23(10-12-30)19-8-6-17(20(32)24(26,27)28)31(19)14-22(2,3)29-23/h5-8,13,29H,4,9-12,14H2,1-3H3. The number of hydrogen-bond donors (Lipinski definition) is 1. The third-order valence-electron chi connectivity index (χ3n) is 6.48. The molecule has 0 atom stereocenters. The van der Waals surface area contributed by atoms with E-state index in [9.17, 15) is 22.8 Å². The fourth-order valence-electron chi connectivity index (χ4n) is 5.11. The van der Waals surface area contributed by atoms with Crippen molar-refractivity contribution in [2.75, 3.05) is 19.7 Å². The molecule has 2 aliphatic rings. The Morgan fingerprint density at radius 1 is 1.15 bits per heavy atom. The Bertz CT molecular complexity index is 1120. The predicted octanol–water partition coefficient (Wildman–Crippen LogP) is 4.80. The molecule has 1 spiro atoms. The maximum Gasteiger partial charge on any atom is 0.456 e. The van der Waals surface area contributed by atoms with Gasteiger partial charge in [-0.3, -0.25) is 14.9 Å². The minimum Gasteiger partial charge on any atom is -0.492 e. The number of Topliss-reactive ketones (excluding diaryl/α,β-unsaturated/α-hetero) is 1. The maximum atomic E-state index is 13.2. The van der Waals surface area contributed by atoms with Gasteiger partial charge in [0, 0.05) is 36.4 Å². The highest BCUT2D eigenvalue weighted by Crippen LogP contribution is 2.41. The van der Waals surface area contributed by atoms with E-state index in [1.54, 1.807) is 29.2 Å². The van der Waals surface area contributed by atoms with Crippen molar-refractivity contribution in [3.63, 3.8) is 0 Å². The SMILES string of the molecule is CCOc1ccc(C(=O)N2CCC3(CC2)NC(C)(C)Cn2c(C(=O)C(F)(F)F)ccc23)cc1Cl. The molecule has 0 saturated carbocycles. The molecule has 0 bridgehead atoms. The Morgan fingerprint density at radius 2 is 1.82 bits per heavy atom. The van der Waals surface area contributed by atoms with Crippen molar-refractivity contribution in [1.82, 2.24) is 14.8 Å². The first-order valence-electron chi connectivity index (χ1n) is 11.2. The van der Waals surface area contributed by atoms with Crippen molar-refractivity contribution >= 4 is 23.3 Å². The van der Waals surface area contributed by atoms with Crippen LogP contribution in [0.3, 0.4) is 0 Å². The van der Waals surface area contributed by atoms with E-state index in [0.717, 1.165) is 0 Å². The van der Waals surface area contributed by atoms with Gasteiger partial charge in [-0.25, -0.2) is 0 Å². The van der Waals surface area contributed by atoms with Gasteiger partial charge in [0.1, 0.15) is 5.75 Å². The monoisotopic (exact) mass is 497 g/mol. The predicted molar refractivity (Wildman–Crippen MR) is 121 cm³/mol. The number of carbonyl (C=O) groups excluding carboxylic acids is 2. The quantitative estimate of drug-likeness (QED) is 0.616. The smallest absolute Gasteiger partial charge is 0.456 e. The van der Waals surface area contributed by atoms with Crippen LogP contribution < -0.4 is 10.1 Å². The Hall–Kier alpha value is -2.52. The summed E-state index contributed by atoms with van der Waals surface area (Å²) >= 11 is 6.24. The van der Waals surface area contributed by atoms with Gasteiger partial charge < -0.3 is 14.2 Å². The number of likely N-dealkylation sites (tertiary alicyclic amines) is 1. The highest BCUT2D eigenvalue weighted by molar-refractivity contribution is 6.32. The van der Waals surface area contributed by atoms with Crippen LogP contribution >= 0.6 is 11.6 Å². The minimum absolute atomic E-state index is 0.168. The van der Waals surface area contributed by atoms with Gasteiger partial charge in [-0.05, 0) is 63.9 Å². The number of rotatable bonds is 4. The van der Waals surface area contributed by atoms with E-state index in [0.29, 0.717) is 54.6 Å². The number of piperidine rings is 1. The van der Waals surface area contributed by atoms with Crippen molar-refractivity contribution < 1.29 is 27.5 Å². The fraction of sp³-hybridized carbons (Fsp3) is 0.500. The summed E-state index contributed by atoms with van der Waals surface area (Å²) in [6, 6.07) is 7.79. The second kappa shape index (κ2) is 8.61. The van der Waals surface area contributed by atoms with Crippen molar-refractivity contribution in [3.05, 3.63) is 52.3 Å². The zero-order chi connectivity index (χ0) is 24.9. The molecule has 0 aliphatic carbocycles. The van der Waals surface area contributed by atoms with Gasteiger partial charge in [-0.1, -0.05) is 11.6 Å². The second-order valence-electron chi connectivity index (χ2n) is 9.48. The number of amides is 1. The van der Waals surface area contributed by atoms with Gasteiger partial charge >= 0.3 is 6.18 Å². The molecule has 10 heteroatoms. The first-order valence-corrected chi connectivity index (χ1v) is 11.6. The number of hydrogen-bond acceptors (Lipinski definition) is 4. The first kappa shape index (κ1) is 24.6. The van der Waals surface area contributed by atoms with Crippen LogP contribution in [-0.2, 0) is 12.1 Å². The van der Waals surface area contributed by atoms with Crippen LogP contribution in [0.15, 0.2) is 30.3 Å². The molecule has 0 radical (unpaired) electrons. The van der Waals surface area contributed by atoms with E-state index in [2.05, 4.69) is 5.32 Å². The Labute approximate surface area is 201 Å². The summed E-state index contributed by atoms with van der Waals surface area (Å²) in [5.74, 6) is -1.50. The molecular weight excluding hydrogens is 471 g/mol. The van der Waals surface area contributed by atoms with Crippen molar-refractivity contribution in [3.8, 4) is 5.75 Å². The van der Waals surface area contributed by atoms with Crippen molar-refractivity contribution in [2.45, 2.75) is 57.4 Å². The Balaban J connectivity index is 1.57. The van der Waals surface area contributed by atoms with Crippen LogP contribution in [0.25, 0.3) is 0 Å². The van der Waals surface area contributed by atoms with Crippen LogP contribution in [-0.4, -0.2) is 52.6 Å². The number of ether oxygens (including phenoxy) is 1. The zero-order valence-corrected chi connectivity index (χ0v) is 20.0. The molecule has 184 valence electrons. The van der Waals surface area contributed by atoms with Crippen LogP contribution in [0.5, 0.6) is 5.75 Å².